The Kier molecular flexibility index (Phi) is 13.8. The summed E-state index contributed by atoms with van der Waals surface area (Å²) < 4.78 is 0. The zero-order valence-corrected chi connectivity index (χ0v) is 26.3. The van der Waals surface area contributed by atoms with Gasteiger partial charge in [-0.3, -0.25) is 19.2 Å². The van der Waals surface area contributed by atoms with Crippen molar-refractivity contribution in [2.24, 2.45) is 23.5 Å². The summed E-state index contributed by atoms with van der Waals surface area (Å²) in [7, 11) is 0. The SMILES string of the molecule is CC[C@H](C)[C@H](NC(=O)[C@@H](NC(=O)[C@H](CO)NC(=O)[C@@H](N)Cc1c[nH]c2ccccc12)C(C)C)C(=O)N[C@@H](CC(C)C)C(=O)O. The minimum Gasteiger partial charge on any atom is -0.480 e. The molecule has 0 aliphatic rings. The van der Waals surface area contributed by atoms with E-state index in [4.69, 9.17) is 5.73 Å². The smallest absolute Gasteiger partial charge is 0.326 e. The highest BCUT2D eigenvalue weighted by molar-refractivity contribution is 5.96. The van der Waals surface area contributed by atoms with Crippen LogP contribution >= 0.6 is 0 Å². The standard InChI is InChI=1S/C31H48N6O7/c1-7-18(6)26(30(42)34-23(31(43)44)12-16(2)3)37-29(41)25(17(4)5)36-28(40)24(15-38)35-27(39)21(32)13-19-14-33-22-11-9-8-10-20(19)22/h8-11,14,16-18,21,23-26,33,38H,7,12-13,15,32H2,1-6H3,(H,34,42)(H,35,39)(H,36,40)(H,37,41)(H,43,44)/t18-,21-,23-,24-,25-,26-/m0/s1. The molecule has 9 N–H and O–H groups in total. The monoisotopic (exact) mass is 616 g/mol. The molecule has 2 rings (SSSR count). The van der Waals surface area contributed by atoms with E-state index in [0.717, 1.165) is 16.5 Å². The highest BCUT2D eigenvalue weighted by atomic mass is 16.4. The summed E-state index contributed by atoms with van der Waals surface area (Å²) in [6.45, 7) is 9.90. The normalized spacial score (nSPS) is 15.6. The average Bonchev–Trinajstić information content (AvgIpc) is 3.38. The predicted octanol–water partition coefficient (Wildman–Crippen LogP) is 0.802. The number of fused-ring (bicyclic) bond motifs is 1. The number of aliphatic hydroxyl groups excluding tert-OH is 1. The van der Waals surface area contributed by atoms with E-state index in [0.29, 0.717) is 6.42 Å². The number of nitrogens with two attached hydrogens (primary N) is 1. The van der Waals surface area contributed by atoms with Gasteiger partial charge < -0.3 is 42.2 Å². The second kappa shape index (κ2) is 16.8. The number of amides is 4. The third-order valence-corrected chi connectivity index (χ3v) is 7.63. The first-order chi connectivity index (χ1) is 20.7. The van der Waals surface area contributed by atoms with Crippen LogP contribution in [0.15, 0.2) is 30.5 Å². The molecule has 6 atom stereocenters. The van der Waals surface area contributed by atoms with Crippen molar-refractivity contribution in [2.45, 2.75) is 91.0 Å². The molecule has 0 bridgehead atoms. The maximum atomic E-state index is 13.4. The van der Waals surface area contributed by atoms with E-state index in [2.05, 4.69) is 26.3 Å². The van der Waals surface area contributed by atoms with Crippen molar-refractivity contribution < 1.29 is 34.2 Å². The van der Waals surface area contributed by atoms with E-state index in [-0.39, 0.29) is 24.7 Å². The summed E-state index contributed by atoms with van der Waals surface area (Å²) in [5.74, 6) is -4.71. The number of aliphatic hydroxyl groups is 1. The van der Waals surface area contributed by atoms with Gasteiger partial charge in [-0.2, -0.15) is 0 Å². The quantitative estimate of drug-likeness (QED) is 0.127. The van der Waals surface area contributed by atoms with Crippen LogP contribution in [0.5, 0.6) is 0 Å². The molecule has 0 aliphatic carbocycles. The fraction of sp³-hybridized carbons (Fsp3) is 0.581. The fourth-order valence-corrected chi connectivity index (χ4v) is 4.79. The first-order valence-electron chi connectivity index (χ1n) is 15.1. The van der Waals surface area contributed by atoms with Crippen LogP contribution in [0.1, 0.15) is 59.9 Å². The first kappa shape index (κ1) is 36.2. The van der Waals surface area contributed by atoms with Crippen molar-refractivity contribution in [3.05, 3.63) is 36.0 Å². The number of hydrogen-bond acceptors (Lipinski definition) is 7. The molecule has 244 valence electrons. The summed E-state index contributed by atoms with van der Waals surface area (Å²) in [4.78, 5) is 67.3. The minimum absolute atomic E-state index is 0.0107. The summed E-state index contributed by atoms with van der Waals surface area (Å²) in [5.41, 5.74) is 7.84. The Morgan fingerprint density at radius 2 is 1.43 bits per heavy atom. The number of nitrogens with one attached hydrogen (secondary N) is 5. The number of aromatic nitrogens is 1. The Morgan fingerprint density at radius 3 is 2.00 bits per heavy atom. The lowest BCUT2D eigenvalue weighted by Gasteiger charge is -2.30. The number of hydrogen-bond donors (Lipinski definition) is 8. The molecular weight excluding hydrogens is 568 g/mol. The van der Waals surface area contributed by atoms with Gasteiger partial charge in [0.05, 0.1) is 12.6 Å². The van der Waals surface area contributed by atoms with Gasteiger partial charge in [-0.25, -0.2) is 4.79 Å². The lowest BCUT2D eigenvalue weighted by molar-refractivity contribution is -0.143. The number of para-hydroxylation sites is 1. The van der Waals surface area contributed by atoms with Gasteiger partial charge in [0.25, 0.3) is 0 Å². The summed E-state index contributed by atoms with van der Waals surface area (Å²) in [5, 5.41) is 30.6. The Hall–Kier alpha value is -3.97. The third kappa shape index (κ3) is 10.1. The third-order valence-electron chi connectivity index (χ3n) is 7.63. The van der Waals surface area contributed by atoms with Crippen LogP contribution in [0.25, 0.3) is 10.9 Å². The largest absolute Gasteiger partial charge is 0.480 e. The van der Waals surface area contributed by atoms with E-state index in [1.54, 1.807) is 27.0 Å². The number of rotatable bonds is 17. The molecule has 2 aromatic rings. The van der Waals surface area contributed by atoms with Gasteiger partial charge in [0.15, 0.2) is 0 Å². The van der Waals surface area contributed by atoms with E-state index in [9.17, 15) is 34.2 Å². The number of carboxylic acids is 1. The molecule has 0 aliphatic heterocycles. The van der Waals surface area contributed by atoms with Crippen molar-refractivity contribution in [3.63, 3.8) is 0 Å². The maximum absolute atomic E-state index is 13.4. The average molecular weight is 617 g/mol. The number of benzene rings is 1. The number of aromatic amines is 1. The van der Waals surface area contributed by atoms with Crippen LogP contribution in [-0.2, 0) is 30.4 Å². The first-order valence-corrected chi connectivity index (χ1v) is 15.1. The zero-order valence-electron chi connectivity index (χ0n) is 26.3. The second-order valence-corrected chi connectivity index (χ2v) is 12.0. The van der Waals surface area contributed by atoms with E-state index in [1.807, 2.05) is 45.0 Å². The van der Waals surface area contributed by atoms with E-state index in [1.165, 1.54) is 0 Å². The van der Waals surface area contributed by atoms with Crippen molar-refractivity contribution in [2.75, 3.05) is 6.61 Å². The van der Waals surface area contributed by atoms with E-state index >= 15 is 0 Å². The Morgan fingerprint density at radius 1 is 0.841 bits per heavy atom. The molecule has 0 saturated heterocycles. The van der Waals surface area contributed by atoms with Crippen LogP contribution in [0, 0.1) is 17.8 Å². The molecule has 0 radical (unpaired) electrons. The zero-order chi connectivity index (χ0) is 33.1. The van der Waals surface area contributed by atoms with Crippen LogP contribution in [0.3, 0.4) is 0 Å². The molecule has 1 aromatic carbocycles. The van der Waals surface area contributed by atoms with Crippen molar-refractivity contribution in [3.8, 4) is 0 Å². The Labute approximate surface area is 258 Å². The van der Waals surface area contributed by atoms with Crippen molar-refractivity contribution in [1.29, 1.82) is 0 Å². The highest BCUT2D eigenvalue weighted by Crippen LogP contribution is 2.19. The summed E-state index contributed by atoms with van der Waals surface area (Å²) in [6, 6.07) is 1.85. The molecule has 0 fully saturated rings. The number of H-pyrrole nitrogens is 1. The molecular formula is C31H48N6O7. The second-order valence-electron chi connectivity index (χ2n) is 12.0. The van der Waals surface area contributed by atoms with Gasteiger partial charge in [-0.05, 0) is 42.2 Å². The van der Waals surface area contributed by atoms with Gasteiger partial charge in [0.2, 0.25) is 23.6 Å². The van der Waals surface area contributed by atoms with E-state index < -0.39 is 72.3 Å². The molecule has 0 saturated carbocycles. The van der Waals surface area contributed by atoms with Gasteiger partial charge in [-0.15, -0.1) is 0 Å². The fourth-order valence-electron chi connectivity index (χ4n) is 4.79. The van der Waals surface area contributed by atoms with Crippen molar-refractivity contribution in [1.82, 2.24) is 26.3 Å². The number of aliphatic carboxylic acids is 1. The van der Waals surface area contributed by atoms with Gasteiger partial charge in [-0.1, -0.05) is 66.2 Å². The lowest BCUT2D eigenvalue weighted by Crippen LogP contribution is -2.61. The van der Waals surface area contributed by atoms with Crippen LogP contribution in [0.4, 0.5) is 0 Å². The van der Waals surface area contributed by atoms with Gasteiger partial charge >= 0.3 is 5.97 Å². The summed E-state index contributed by atoms with van der Waals surface area (Å²) >= 11 is 0. The topological polar surface area (TPSA) is 216 Å². The van der Waals surface area contributed by atoms with Crippen molar-refractivity contribution >= 4 is 40.5 Å². The predicted molar refractivity (Wildman–Crippen MR) is 166 cm³/mol. The Bertz CT molecular complexity index is 1290. The number of carboxylic acid groups (broad SMARTS) is 1. The molecule has 4 amide bonds. The highest BCUT2D eigenvalue weighted by Gasteiger charge is 2.34. The van der Waals surface area contributed by atoms with Gasteiger partial charge in [0.1, 0.15) is 24.2 Å². The molecule has 13 nitrogen and oxygen atoms in total. The number of carbonyl (C=O) groups is 5. The molecule has 13 heteroatoms. The van der Waals surface area contributed by atoms with Gasteiger partial charge in [0, 0.05) is 17.1 Å². The van der Waals surface area contributed by atoms with Crippen LogP contribution < -0.4 is 27.0 Å². The summed E-state index contributed by atoms with van der Waals surface area (Å²) in [6.07, 6.45) is 2.67. The van der Waals surface area contributed by atoms with Crippen LogP contribution in [0.2, 0.25) is 0 Å². The van der Waals surface area contributed by atoms with Crippen LogP contribution in [-0.4, -0.2) is 81.6 Å². The number of carbonyl (C=O) groups excluding carboxylic acids is 4. The molecule has 1 aromatic heterocycles. The lowest BCUT2D eigenvalue weighted by atomic mass is 9.95. The molecule has 1 heterocycles. The molecule has 0 spiro atoms. The molecule has 0 unspecified atom stereocenters. The Balaban J connectivity index is 2.10. The molecule has 44 heavy (non-hydrogen) atoms. The minimum atomic E-state index is -1.38. The maximum Gasteiger partial charge on any atom is 0.326 e.